The minimum absolute atomic E-state index is 0.0564. The minimum atomic E-state index is -1.56. The van der Waals surface area contributed by atoms with E-state index in [-0.39, 0.29) is 92.1 Å². The first kappa shape index (κ1) is 52.7. The summed E-state index contributed by atoms with van der Waals surface area (Å²) in [5, 5.41) is 39.0. The Morgan fingerprint density at radius 1 is 0.398 bits per heavy atom. The predicted molar refractivity (Wildman–Crippen MR) is 276 cm³/mol. The molecule has 7 atom stereocenters. The highest BCUT2D eigenvalue weighted by atomic mass is 16.5. The molecule has 10 fully saturated rings. The van der Waals surface area contributed by atoms with Crippen molar-refractivity contribution >= 4 is 48.2 Å². The van der Waals surface area contributed by atoms with Gasteiger partial charge < -0.3 is 49.2 Å². The number of urea groups is 8. The molecular weight excluding hydrogens is 1090 g/mol. The van der Waals surface area contributed by atoms with Crippen molar-refractivity contribution in [2.75, 3.05) is 106 Å². The number of ether oxygens (including phenoxy) is 4. The summed E-state index contributed by atoms with van der Waals surface area (Å²) in [6, 6.07) is 1.77. The van der Waals surface area contributed by atoms with Gasteiger partial charge in [0.15, 0.2) is 36.0 Å². The lowest BCUT2D eigenvalue weighted by Crippen LogP contribution is -2.70. The van der Waals surface area contributed by atoms with Gasteiger partial charge in [-0.2, -0.15) is 0 Å². The first-order valence-corrected chi connectivity index (χ1v) is 27.8. The molecule has 0 radical (unpaired) electrons. The third-order valence-electron chi connectivity index (χ3n) is 19.2. The Hall–Kier alpha value is -8.36. The van der Waals surface area contributed by atoms with Crippen molar-refractivity contribution < 1.29 is 77.7 Å². The van der Waals surface area contributed by atoms with Crippen LogP contribution < -0.4 is 18.9 Å². The van der Waals surface area contributed by atoms with E-state index in [0.29, 0.717) is 45.3 Å². The summed E-state index contributed by atoms with van der Waals surface area (Å²) in [6.07, 6.45) is -4.67. The molecular formula is C51H64N16O16. The normalized spacial score (nSPS) is 30.0. The van der Waals surface area contributed by atoms with Gasteiger partial charge in [0.05, 0.1) is 59.2 Å². The Kier molecular flexibility index (Phi) is 11.6. The SMILES string of the molecule is CCN1Cc2c(OCCO)ccc(OCCO)c2CN2CC3(C)N(CN4C(=O)N5CN6C(=O)N7CN8C(=O)N9Cc%10c(OCCO)ccc(OCCO)c%10CN%10C(=O)N(CN%11C(=O)N(CN%12C(=O)N(CN3C2=O)C4C5%12)C6C7%11)C8(C)C9%10C)C1=O. The van der Waals surface area contributed by atoms with E-state index in [4.69, 9.17) is 18.9 Å². The van der Waals surface area contributed by atoms with Crippen molar-refractivity contribution in [3.05, 3.63) is 46.5 Å². The lowest BCUT2D eigenvalue weighted by Gasteiger charge is -2.50. The number of amides is 16. The van der Waals surface area contributed by atoms with Gasteiger partial charge in [0.2, 0.25) is 0 Å². The van der Waals surface area contributed by atoms with E-state index < -0.39 is 130 Å². The summed E-state index contributed by atoms with van der Waals surface area (Å²) < 4.78 is 24.0. The van der Waals surface area contributed by atoms with Gasteiger partial charge >= 0.3 is 48.2 Å². The number of hydrogen-bond donors (Lipinski definition) is 4. The Morgan fingerprint density at radius 2 is 0.711 bits per heavy atom. The van der Waals surface area contributed by atoms with Crippen LogP contribution in [0, 0.1) is 0 Å². The van der Waals surface area contributed by atoms with Crippen molar-refractivity contribution in [3.63, 3.8) is 0 Å². The molecule has 10 saturated heterocycles. The third kappa shape index (κ3) is 6.69. The smallest absolute Gasteiger partial charge is 0.326 e. The molecule has 0 aliphatic carbocycles. The molecule has 83 heavy (non-hydrogen) atoms. The van der Waals surface area contributed by atoms with Crippen LogP contribution in [0.1, 0.15) is 49.9 Å². The molecule has 32 nitrogen and oxygen atoms in total. The van der Waals surface area contributed by atoms with Crippen molar-refractivity contribution in [1.82, 2.24) is 78.4 Å². The molecule has 2 aromatic carbocycles. The van der Waals surface area contributed by atoms with Crippen LogP contribution in [0.4, 0.5) is 38.4 Å². The van der Waals surface area contributed by atoms with Crippen LogP contribution in [-0.2, 0) is 26.2 Å². The fourth-order valence-electron chi connectivity index (χ4n) is 15.0. The van der Waals surface area contributed by atoms with Crippen molar-refractivity contribution in [2.45, 2.75) is 95.5 Å². The zero-order valence-electron chi connectivity index (χ0n) is 46.1. The molecule has 2 aromatic rings. The molecule has 16 amide bonds. The van der Waals surface area contributed by atoms with Crippen LogP contribution in [0.25, 0.3) is 0 Å². The van der Waals surface area contributed by atoms with Gasteiger partial charge in [-0.1, -0.05) is 0 Å². The molecule has 0 aromatic heterocycles. The largest absolute Gasteiger partial charge is 0.491 e. The lowest BCUT2D eigenvalue weighted by molar-refractivity contribution is -0.0867. The summed E-state index contributed by atoms with van der Waals surface area (Å²) in [4.78, 5) is 146. The number of nitrogens with zero attached hydrogens (tertiary/aromatic N) is 16. The third-order valence-corrected chi connectivity index (χ3v) is 19.2. The number of benzene rings is 2. The summed E-state index contributed by atoms with van der Waals surface area (Å²) >= 11 is 0. The summed E-state index contributed by atoms with van der Waals surface area (Å²) in [5.41, 5.74) is -2.52. The average Bonchev–Trinajstić information content (AvgIpc) is 1.55. The quantitative estimate of drug-likeness (QED) is 0.188. The number of aliphatic hydroxyl groups excluding tert-OH is 4. The van der Waals surface area contributed by atoms with E-state index >= 15 is 38.4 Å². The highest BCUT2D eigenvalue weighted by molar-refractivity contribution is 5.93. The topological polar surface area (TPSA) is 306 Å². The second-order valence-corrected chi connectivity index (χ2v) is 22.9. The van der Waals surface area contributed by atoms with E-state index in [1.54, 1.807) is 56.9 Å². The Bertz CT molecular complexity index is 3200. The van der Waals surface area contributed by atoms with Crippen molar-refractivity contribution in [2.24, 2.45) is 0 Å². The maximum atomic E-state index is 15.5. The maximum Gasteiger partial charge on any atom is 0.326 e. The van der Waals surface area contributed by atoms with Gasteiger partial charge in [-0.15, -0.1) is 0 Å². The summed E-state index contributed by atoms with van der Waals surface area (Å²) in [5.74, 6) is 1.35. The van der Waals surface area contributed by atoms with Crippen LogP contribution in [0.2, 0.25) is 0 Å². The van der Waals surface area contributed by atoms with Gasteiger partial charge in [0.1, 0.15) is 95.1 Å². The van der Waals surface area contributed by atoms with Crippen LogP contribution in [-0.4, -0.2) is 295 Å². The summed E-state index contributed by atoms with van der Waals surface area (Å²) in [6.45, 7) is 2.56. The van der Waals surface area contributed by atoms with E-state index in [1.165, 1.54) is 73.5 Å². The molecule has 2 bridgehead atoms. The Labute approximate surface area is 474 Å². The zero-order chi connectivity index (χ0) is 58.1. The lowest BCUT2D eigenvalue weighted by atomic mass is 9.95. The van der Waals surface area contributed by atoms with E-state index in [0.717, 1.165) is 0 Å². The Morgan fingerprint density at radius 3 is 1.07 bits per heavy atom. The van der Waals surface area contributed by atoms with Gasteiger partial charge in [0, 0.05) is 28.8 Å². The van der Waals surface area contributed by atoms with Crippen molar-refractivity contribution in [3.8, 4) is 23.0 Å². The fourth-order valence-corrected chi connectivity index (χ4v) is 15.0. The molecule has 0 spiro atoms. The Balaban J connectivity index is 0.821. The van der Waals surface area contributed by atoms with E-state index in [9.17, 15) is 20.4 Å². The fraction of sp³-hybridized carbons (Fsp3) is 0.608. The van der Waals surface area contributed by atoms with Gasteiger partial charge in [-0.05, 0) is 52.0 Å². The van der Waals surface area contributed by atoms with Crippen LogP contribution in [0.3, 0.4) is 0 Å². The average molecular weight is 1160 g/mol. The number of fused-ring (bicyclic) bond motifs is 3. The van der Waals surface area contributed by atoms with Crippen LogP contribution >= 0.6 is 0 Å². The van der Waals surface area contributed by atoms with Gasteiger partial charge in [0.25, 0.3) is 0 Å². The highest BCUT2D eigenvalue weighted by Crippen LogP contribution is 2.57. The molecule has 32 heteroatoms. The first-order chi connectivity index (χ1) is 39.9. The zero-order valence-corrected chi connectivity index (χ0v) is 46.1. The highest BCUT2D eigenvalue weighted by Gasteiger charge is 2.78. The van der Waals surface area contributed by atoms with E-state index in [1.807, 2.05) is 0 Å². The predicted octanol–water partition coefficient (Wildman–Crippen LogP) is -0.956. The molecule has 12 aliphatic rings. The summed E-state index contributed by atoms with van der Waals surface area (Å²) in [7, 11) is 0. The number of carbonyl (C=O) groups excluding carboxylic acids is 8. The number of aliphatic hydroxyl groups is 4. The standard InChI is InChI=1S/C51H64N16O16/c1-5-52-18-29-30(34(81-15-11-69)7-6-33(29)80-14-10-68)19-53-22-49(2)64(41(52)72)25-58-39-37-54(43(58)74)23-56-38-40-60(45(56)76)27-66-47(78)62-20-31-32(36(83-17-13-71)9-8-35(31)82-16-12-70)21-63-48(79)67(51(66,4)50(62,63)3)28-61(40)46(77)57(38)24-55(37)44(75)59(39)26-65(49)42(53)73/h6-9,37-40,68-71H,5,10-28H2,1-4H3. The first-order valence-electron chi connectivity index (χ1n) is 27.8. The van der Waals surface area contributed by atoms with Gasteiger partial charge in [-0.25, -0.2) is 38.4 Å². The van der Waals surface area contributed by atoms with Gasteiger partial charge in [-0.3, -0.25) is 68.6 Å². The molecule has 12 heterocycles. The van der Waals surface area contributed by atoms with Crippen LogP contribution in [0.5, 0.6) is 23.0 Å². The minimum Gasteiger partial charge on any atom is -0.491 e. The number of carbonyl (C=O) groups is 8. The second kappa shape index (κ2) is 18.3. The molecule has 0 saturated carbocycles. The number of rotatable bonds is 13. The monoisotopic (exact) mass is 1160 g/mol. The molecule has 14 rings (SSSR count). The van der Waals surface area contributed by atoms with Crippen molar-refractivity contribution in [1.29, 1.82) is 0 Å². The molecule has 4 N–H and O–H groups in total. The molecule has 444 valence electrons. The second-order valence-electron chi connectivity index (χ2n) is 22.9. The molecule has 12 aliphatic heterocycles. The molecule has 7 unspecified atom stereocenters. The van der Waals surface area contributed by atoms with Crippen LogP contribution in [0.15, 0.2) is 24.3 Å². The van der Waals surface area contributed by atoms with E-state index in [2.05, 4.69) is 0 Å². The number of hydrogen-bond acceptors (Lipinski definition) is 16. The maximum absolute atomic E-state index is 15.5.